The van der Waals surface area contributed by atoms with Gasteiger partial charge >= 0.3 is 6.18 Å². The van der Waals surface area contributed by atoms with Gasteiger partial charge in [0, 0.05) is 11.0 Å². The molecule has 0 aliphatic carbocycles. The summed E-state index contributed by atoms with van der Waals surface area (Å²) >= 11 is 3.35. The summed E-state index contributed by atoms with van der Waals surface area (Å²) in [5, 5.41) is 3.08. The van der Waals surface area contributed by atoms with Crippen molar-refractivity contribution in [3.05, 3.63) is 58.6 Å². The van der Waals surface area contributed by atoms with E-state index in [-0.39, 0.29) is 5.75 Å². The molecule has 0 unspecified atom stereocenters. The van der Waals surface area contributed by atoms with Crippen LogP contribution in [0.3, 0.4) is 0 Å². The van der Waals surface area contributed by atoms with Gasteiger partial charge in [0.15, 0.2) is 6.61 Å². The number of alkyl halides is 3. The van der Waals surface area contributed by atoms with Gasteiger partial charge in [0.25, 0.3) is 0 Å². The molecule has 0 amide bonds. The third kappa shape index (κ3) is 5.30. The van der Waals surface area contributed by atoms with Gasteiger partial charge in [-0.2, -0.15) is 13.2 Å². The summed E-state index contributed by atoms with van der Waals surface area (Å²) in [5.74, 6) is 0.187. The molecule has 2 rings (SSSR count). The first-order chi connectivity index (χ1) is 9.94. The molecule has 0 aliphatic heterocycles. The van der Waals surface area contributed by atoms with E-state index >= 15 is 0 Å². The summed E-state index contributed by atoms with van der Waals surface area (Å²) in [6.07, 6.45) is -4.35. The number of rotatable bonds is 5. The largest absolute Gasteiger partial charge is 0.482 e. The van der Waals surface area contributed by atoms with Crippen molar-refractivity contribution in [1.82, 2.24) is 0 Å². The highest BCUT2D eigenvalue weighted by atomic mass is 79.9. The van der Waals surface area contributed by atoms with Gasteiger partial charge in [-0.25, -0.2) is 0 Å². The van der Waals surface area contributed by atoms with Gasteiger partial charge in [0.05, 0.1) is 5.69 Å². The van der Waals surface area contributed by atoms with E-state index in [0.717, 1.165) is 10.0 Å². The number of ether oxygens (including phenoxy) is 1. The van der Waals surface area contributed by atoms with E-state index in [9.17, 15) is 13.2 Å². The Morgan fingerprint density at radius 3 is 2.33 bits per heavy atom. The maximum absolute atomic E-state index is 12.2. The molecule has 0 aliphatic rings. The minimum absolute atomic E-state index is 0.187. The molecule has 0 bridgehead atoms. The van der Waals surface area contributed by atoms with Gasteiger partial charge in [0.1, 0.15) is 5.75 Å². The Labute approximate surface area is 129 Å². The Morgan fingerprint density at radius 2 is 1.67 bits per heavy atom. The van der Waals surface area contributed by atoms with Crippen LogP contribution in [0, 0.1) is 0 Å². The monoisotopic (exact) mass is 359 g/mol. The molecule has 0 saturated heterocycles. The zero-order valence-corrected chi connectivity index (χ0v) is 12.5. The van der Waals surface area contributed by atoms with Crippen molar-refractivity contribution < 1.29 is 17.9 Å². The van der Waals surface area contributed by atoms with E-state index in [2.05, 4.69) is 21.2 Å². The number of halogens is 4. The molecule has 0 spiro atoms. The van der Waals surface area contributed by atoms with Crippen LogP contribution in [0.1, 0.15) is 5.56 Å². The summed E-state index contributed by atoms with van der Waals surface area (Å²) in [4.78, 5) is 0. The molecular weight excluding hydrogens is 347 g/mol. The summed E-state index contributed by atoms with van der Waals surface area (Å²) < 4.78 is 42.4. The molecule has 0 radical (unpaired) electrons. The molecule has 2 aromatic rings. The van der Waals surface area contributed by atoms with Crippen LogP contribution < -0.4 is 10.1 Å². The van der Waals surface area contributed by atoms with Crippen LogP contribution in [0.15, 0.2) is 53.0 Å². The van der Waals surface area contributed by atoms with Crippen molar-refractivity contribution in [3.63, 3.8) is 0 Å². The first kappa shape index (κ1) is 15.7. The number of anilines is 1. The van der Waals surface area contributed by atoms with Gasteiger partial charge in [0.2, 0.25) is 0 Å². The third-order valence-corrected chi connectivity index (χ3v) is 3.20. The zero-order chi connectivity index (χ0) is 15.3. The summed E-state index contributed by atoms with van der Waals surface area (Å²) in [5.41, 5.74) is 1.55. The summed E-state index contributed by atoms with van der Waals surface area (Å²) in [7, 11) is 0. The highest BCUT2D eigenvalue weighted by Gasteiger charge is 2.28. The van der Waals surface area contributed by atoms with Gasteiger partial charge in [-0.1, -0.05) is 40.2 Å². The Balaban J connectivity index is 2.01. The maximum atomic E-state index is 12.2. The van der Waals surface area contributed by atoms with E-state index in [4.69, 9.17) is 4.74 Å². The van der Waals surface area contributed by atoms with Crippen LogP contribution in [0.5, 0.6) is 5.75 Å². The third-order valence-electron chi connectivity index (χ3n) is 2.67. The Hall–Kier alpha value is -1.69. The molecule has 0 aromatic heterocycles. The fraction of sp³-hybridized carbons (Fsp3) is 0.200. The van der Waals surface area contributed by atoms with E-state index in [1.807, 2.05) is 24.3 Å². The molecule has 21 heavy (non-hydrogen) atoms. The molecule has 0 saturated carbocycles. The Morgan fingerprint density at radius 1 is 1.00 bits per heavy atom. The fourth-order valence-corrected chi connectivity index (χ4v) is 1.96. The van der Waals surface area contributed by atoms with Gasteiger partial charge in [-0.15, -0.1) is 0 Å². The molecule has 0 heterocycles. The quantitative estimate of drug-likeness (QED) is 0.810. The lowest BCUT2D eigenvalue weighted by Crippen LogP contribution is -2.19. The second kappa shape index (κ2) is 6.85. The van der Waals surface area contributed by atoms with Crippen LogP contribution in [0.2, 0.25) is 0 Å². The van der Waals surface area contributed by atoms with Crippen LogP contribution in [0.25, 0.3) is 0 Å². The molecule has 1 N–H and O–H groups in total. The highest BCUT2D eigenvalue weighted by Crippen LogP contribution is 2.26. The maximum Gasteiger partial charge on any atom is 0.422 e. The van der Waals surface area contributed by atoms with Crippen LogP contribution in [0.4, 0.5) is 18.9 Å². The van der Waals surface area contributed by atoms with Crippen LogP contribution in [-0.4, -0.2) is 12.8 Å². The summed E-state index contributed by atoms with van der Waals surface area (Å²) in [6.45, 7) is -0.802. The average Bonchev–Trinajstić information content (AvgIpc) is 2.44. The molecule has 2 aromatic carbocycles. The minimum Gasteiger partial charge on any atom is -0.482 e. The lowest BCUT2D eigenvalue weighted by Gasteiger charge is -2.14. The van der Waals surface area contributed by atoms with E-state index in [1.165, 1.54) is 6.07 Å². The van der Waals surface area contributed by atoms with Crippen molar-refractivity contribution in [2.45, 2.75) is 12.7 Å². The molecule has 6 heteroatoms. The molecule has 0 fully saturated rings. The first-order valence-corrected chi connectivity index (χ1v) is 7.00. The topological polar surface area (TPSA) is 21.3 Å². The van der Waals surface area contributed by atoms with Crippen LogP contribution >= 0.6 is 15.9 Å². The van der Waals surface area contributed by atoms with Crippen molar-refractivity contribution in [1.29, 1.82) is 0 Å². The standard InChI is InChI=1S/C15H13BrF3NO/c16-12-7-5-11(6-8-12)9-20-13-3-1-2-4-14(13)21-10-15(17,18)19/h1-8,20H,9-10H2. The fourth-order valence-electron chi connectivity index (χ4n) is 1.70. The SMILES string of the molecule is FC(F)(F)COc1ccccc1NCc1ccc(Br)cc1. The second-order valence-electron chi connectivity index (χ2n) is 4.38. The van der Waals surface area contributed by atoms with Gasteiger partial charge < -0.3 is 10.1 Å². The number of nitrogens with one attached hydrogen (secondary N) is 1. The number of benzene rings is 2. The van der Waals surface area contributed by atoms with Crippen molar-refractivity contribution >= 4 is 21.6 Å². The Kier molecular flexibility index (Phi) is 5.12. The molecule has 0 atom stereocenters. The predicted molar refractivity (Wildman–Crippen MR) is 79.5 cm³/mol. The van der Waals surface area contributed by atoms with Crippen LogP contribution in [-0.2, 0) is 6.54 Å². The van der Waals surface area contributed by atoms with Gasteiger partial charge in [-0.3, -0.25) is 0 Å². The van der Waals surface area contributed by atoms with E-state index in [1.54, 1.807) is 18.2 Å². The first-order valence-electron chi connectivity index (χ1n) is 6.21. The lowest BCUT2D eigenvalue weighted by atomic mass is 10.2. The smallest absolute Gasteiger partial charge is 0.422 e. The van der Waals surface area contributed by atoms with Crippen molar-refractivity contribution in [2.24, 2.45) is 0 Å². The van der Waals surface area contributed by atoms with Crippen molar-refractivity contribution in [2.75, 3.05) is 11.9 Å². The number of para-hydroxylation sites is 2. The predicted octanol–water partition coefficient (Wildman–Crippen LogP) is 5.00. The minimum atomic E-state index is -4.35. The van der Waals surface area contributed by atoms with E-state index in [0.29, 0.717) is 12.2 Å². The second-order valence-corrected chi connectivity index (χ2v) is 5.30. The number of hydrogen-bond acceptors (Lipinski definition) is 2. The molecule has 112 valence electrons. The molecular formula is C15H13BrF3NO. The zero-order valence-electron chi connectivity index (χ0n) is 11.0. The molecule has 2 nitrogen and oxygen atoms in total. The van der Waals surface area contributed by atoms with E-state index < -0.39 is 12.8 Å². The summed E-state index contributed by atoms with van der Waals surface area (Å²) in [6, 6.07) is 14.2. The Bertz CT molecular complexity index is 584. The lowest BCUT2D eigenvalue weighted by molar-refractivity contribution is -0.153. The normalized spacial score (nSPS) is 11.2. The average molecular weight is 360 g/mol. The van der Waals surface area contributed by atoms with Crippen molar-refractivity contribution in [3.8, 4) is 5.75 Å². The van der Waals surface area contributed by atoms with Gasteiger partial charge in [-0.05, 0) is 29.8 Å². The highest BCUT2D eigenvalue weighted by molar-refractivity contribution is 9.10. The number of hydrogen-bond donors (Lipinski definition) is 1.